The summed E-state index contributed by atoms with van der Waals surface area (Å²) in [5, 5.41) is 10.4. The van der Waals surface area contributed by atoms with Gasteiger partial charge in [0.2, 0.25) is 0 Å². The van der Waals surface area contributed by atoms with E-state index in [1.54, 1.807) is 6.92 Å². The number of halogens is 2. The van der Waals surface area contributed by atoms with Crippen LogP contribution in [0.2, 0.25) is 0 Å². The highest BCUT2D eigenvalue weighted by atomic mass is 19.1. The molecule has 19 heavy (non-hydrogen) atoms. The van der Waals surface area contributed by atoms with E-state index in [0.717, 1.165) is 31.7 Å². The molecule has 0 amide bonds. The van der Waals surface area contributed by atoms with E-state index in [9.17, 15) is 13.9 Å². The van der Waals surface area contributed by atoms with Crippen LogP contribution in [0.3, 0.4) is 0 Å². The van der Waals surface area contributed by atoms with Gasteiger partial charge in [-0.2, -0.15) is 0 Å². The Kier molecular flexibility index (Phi) is 4.56. The second-order valence-electron chi connectivity index (χ2n) is 5.77. The molecule has 1 fully saturated rings. The Balaban J connectivity index is 2.19. The largest absolute Gasteiger partial charge is 0.388 e. The van der Waals surface area contributed by atoms with E-state index >= 15 is 0 Å². The highest BCUT2D eigenvalue weighted by molar-refractivity contribution is 5.27. The third kappa shape index (κ3) is 3.14. The van der Waals surface area contributed by atoms with E-state index in [0.29, 0.717) is 11.5 Å². The van der Waals surface area contributed by atoms with Gasteiger partial charge in [-0.3, -0.25) is 0 Å². The van der Waals surface area contributed by atoms with Gasteiger partial charge < -0.3 is 5.11 Å². The molecule has 1 saturated carbocycles. The Morgan fingerprint density at radius 3 is 2.68 bits per heavy atom. The first-order valence-electron chi connectivity index (χ1n) is 7.16. The highest BCUT2D eigenvalue weighted by Crippen LogP contribution is 2.39. The highest BCUT2D eigenvalue weighted by Gasteiger charge is 2.29. The number of rotatable bonds is 3. The van der Waals surface area contributed by atoms with Crippen LogP contribution < -0.4 is 0 Å². The fraction of sp³-hybridized carbons (Fsp3) is 0.625. The van der Waals surface area contributed by atoms with Gasteiger partial charge in [0.15, 0.2) is 0 Å². The van der Waals surface area contributed by atoms with E-state index in [2.05, 4.69) is 6.92 Å². The molecular weight excluding hydrogens is 246 g/mol. The van der Waals surface area contributed by atoms with E-state index in [-0.39, 0.29) is 11.5 Å². The summed E-state index contributed by atoms with van der Waals surface area (Å²) in [6.07, 6.45) is 4.44. The van der Waals surface area contributed by atoms with Gasteiger partial charge in [0.25, 0.3) is 0 Å². The topological polar surface area (TPSA) is 20.2 Å². The van der Waals surface area contributed by atoms with Gasteiger partial charge in [-0.15, -0.1) is 0 Å². The Bertz CT molecular complexity index is 445. The predicted octanol–water partition coefficient (Wildman–Crippen LogP) is 4.52. The van der Waals surface area contributed by atoms with Gasteiger partial charge >= 0.3 is 0 Å². The van der Waals surface area contributed by atoms with Crippen molar-refractivity contribution in [2.45, 2.75) is 52.1 Å². The summed E-state index contributed by atoms with van der Waals surface area (Å²) in [6.45, 7) is 3.75. The van der Waals surface area contributed by atoms with Crippen LogP contribution in [0.5, 0.6) is 0 Å². The Morgan fingerprint density at radius 1 is 1.26 bits per heavy atom. The summed E-state index contributed by atoms with van der Waals surface area (Å²) < 4.78 is 27.1. The van der Waals surface area contributed by atoms with Gasteiger partial charge in [-0.25, -0.2) is 8.78 Å². The van der Waals surface area contributed by atoms with Crippen molar-refractivity contribution in [3.05, 3.63) is 34.9 Å². The minimum atomic E-state index is -0.811. The molecule has 1 N–H and O–H groups in total. The summed E-state index contributed by atoms with van der Waals surface area (Å²) in [5.74, 6) is -0.464. The molecule has 0 spiro atoms. The molecular formula is C16H22F2O. The molecule has 0 aromatic heterocycles. The van der Waals surface area contributed by atoms with Gasteiger partial charge in [-0.05, 0) is 43.2 Å². The maximum Gasteiger partial charge on any atom is 0.131 e. The molecule has 0 heterocycles. The lowest BCUT2D eigenvalue weighted by Gasteiger charge is -2.32. The van der Waals surface area contributed by atoms with Gasteiger partial charge in [0.1, 0.15) is 11.6 Å². The number of benzene rings is 1. The van der Waals surface area contributed by atoms with Gasteiger partial charge in [-0.1, -0.05) is 26.2 Å². The molecule has 2 rings (SSSR count). The molecule has 3 atom stereocenters. The second-order valence-corrected chi connectivity index (χ2v) is 5.77. The molecule has 0 saturated heterocycles. The van der Waals surface area contributed by atoms with Crippen LogP contribution in [-0.4, -0.2) is 5.11 Å². The number of aliphatic hydroxyl groups excluding tert-OH is 1. The molecule has 0 bridgehead atoms. The van der Waals surface area contributed by atoms with Crippen LogP contribution in [0.15, 0.2) is 12.1 Å². The van der Waals surface area contributed by atoms with Crippen molar-refractivity contribution in [2.24, 2.45) is 11.8 Å². The monoisotopic (exact) mass is 268 g/mol. The first-order valence-corrected chi connectivity index (χ1v) is 7.16. The molecule has 3 unspecified atom stereocenters. The summed E-state index contributed by atoms with van der Waals surface area (Å²) in [4.78, 5) is 0. The van der Waals surface area contributed by atoms with E-state index < -0.39 is 17.7 Å². The van der Waals surface area contributed by atoms with Crippen molar-refractivity contribution in [1.29, 1.82) is 0 Å². The quantitative estimate of drug-likeness (QED) is 0.854. The fourth-order valence-electron chi connectivity index (χ4n) is 3.15. The minimum Gasteiger partial charge on any atom is -0.388 e. The maximum atomic E-state index is 13.8. The zero-order chi connectivity index (χ0) is 14.0. The molecule has 106 valence electrons. The molecule has 0 aliphatic heterocycles. The first-order chi connectivity index (χ1) is 9.02. The van der Waals surface area contributed by atoms with Crippen LogP contribution in [0.25, 0.3) is 0 Å². The number of hydrogen-bond donors (Lipinski definition) is 1. The minimum absolute atomic E-state index is 0.0954. The summed E-state index contributed by atoms with van der Waals surface area (Å²) >= 11 is 0. The zero-order valence-corrected chi connectivity index (χ0v) is 11.6. The summed E-state index contributed by atoms with van der Waals surface area (Å²) in [6, 6.07) is 2.33. The maximum absolute atomic E-state index is 13.8. The molecule has 3 heteroatoms. The third-order valence-electron chi connectivity index (χ3n) is 4.44. The number of hydrogen-bond acceptors (Lipinski definition) is 1. The van der Waals surface area contributed by atoms with E-state index in [1.807, 2.05) is 0 Å². The van der Waals surface area contributed by atoms with Crippen molar-refractivity contribution < 1.29 is 13.9 Å². The third-order valence-corrected chi connectivity index (χ3v) is 4.44. The van der Waals surface area contributed by atoms with Gasteiger partial charge in [0.05, 0.1) is 6.10 Å². The number of aryl methyl sites for hydroxylation is 1. The van der Waals surface area contributed by atoms with Crippen LogP contribution in [0.1, 0.15) is 56.3 Å². The average molecular weight is 268 g/mol. The molecule has 0 radical (unpaired) electrons. The molecule has 1 aromatic rings. The number of aliphatic hydroxyl groups is 1. The zero-order valence-electron chi connectivity index (χ0n) is 11.6. The van der Waals surface area contributed by atoms with Crippen molar-refractivity contribution in [3.63, 3.8) is 0 Å². The first kappa shape index (κ1) is 14.4. The Labute approximate surface area is 113 Å². The Morgan fingerprint density at radius 2 is 2.00 bits per heavy atom. The predicted molar refractivity (Wildman–Crippen MR) is 71.8 cm³/mol. The average Bonchev–Trinajstić information content (AvgIpc) is 2.42. The molecule has 1 aromatic carbocycles. The van der Waals surface area contributed by atoms with Crippen LogP contribution in [0, 0.1) is 30.4 Å². The standard InChI is InChI=1S/C16H22F2O/c1-3-11-5-4-6-12(8-11)16(19)13-7-10(2)14(17)9-15(13)18/h7,9,11-12,16,19H,3-6,8H2,1-2H3. The molecule has 1 aliphatic rings. The molecule has 1 aliphatic carbocycles. The van der Waals surface area contributed by atoms with E-state index in [4.69, 9.17) is 0 Å². The van der Waals surface area contributed by atoms with Crippen molar-refractivity contribution in [2.75, 3.05) is 0 Å². The van der Waals surface area contributed by atoms with Crippen LogP contribution in [0.4, 0.5) is 8.78 Å². The van der Waals surface area contributed by atoms with E-state index in [1.165, 1.54) is 12.5 Å². The molecule has 1 nitrogen and oxygen atoms in total. The summed E-state index contributed by atoms with van der Waals surface area (Å²) in [7, 11) is 0. The smallest absolute Gasteiger partial charge is 0.131 e. The van der Waals surface area contributed by atoms with Crippen LogP contribution >= 0.6 is 0 Å². The normalized spacial score (nSPS) is 25.3. The van der Waals surface area contributed by atoms with Crippen molar-refractivity contribution >= 4 is 0 Å². The summed E-state index contributed by atoms with van der Waals surface area (Å²) in [5.41, 5.74) is 0.638. The van der Waals surface area contributed by atoms with Crippen LogP contribution in [-0.2, 0) is 0 Å². The fourth-order valence-corrected chi connectivity index (χ4v) is 3.15. The lowest BCUT2D eigenvalue weighted by atomic mass is 9.76. The van der Waals surface area contributed by atoms with Gasteiger partial charge in [0, 0.05) is 11.6 Å². The SMILES string of the molecule is CCC1CCCC(C(O)c2cc(C)c(F)cc2F)C1. The Hall–Kier alpha value is -0.960. The van der Waals surface area contributed by atoms with Crippen molar-refractivity contribution in [1.82, 2.24) is 0 Å². The van der Waals surface area contributed by atoms with Crippen molar-refractivity contribution in [3.8, 4) is 0 Å². The lowest BCUT2D eigenvalue weighted by molar-refractivity contribution is 0.0649. The lowest BCUT2D eigenvalue weighted by Crippen LogP contribution is -2.22. The second kappa shape index (κ2) is 6.00.